The summed E-state index contributed by atoms with van der Waals surface area (Å²) in [5.74, 6) is 0. The molecule has 63 heavy (non-hydrogen) atoms. The van der Waals surface area contributed by atoms with Crippen LogP contribution in [0.5, 0.6) is 0 Å². The zero-order chi connectivity index (χ0) is 42.1. The quantitative estimate of drug-likeness (QED) is 0.162. The average molecular weight is 804 g/mol. The Hall–Kier alpha value is -7.74. The second kappa shape index (κ2) is 14.4. The molecule has 0 saturated heterocycles. The molecular formula is C62H45N. The van der Waals surface area contributed by atoms with Gasteiger partial charge >= 0.3 is 0 Å². The van der Waals surface area contributed by atoms with E-state index in [1.807, 2.05) is 0 Å². The third kappa shape index (κ3) is 5.70. The van der Waals surface area contributed by atoms with Gasteiger partial charge in [0.05, 0.1) is 5.41 Å². The van der Waals surface area contributed by atoms with Crippen molar-refractivity contribution in [1.82, 2.24) is 0 Å². The number of hydrogen-bond acceptors (Lipinski definition) is 1. The molecule has 10 aromatic carbocycles. The number of anilines is 3. The van der Waals surface area contributed by atoms with Crippen LogP contribution < -0.4 is 4.90 Å². The Kier molecular flexibility index (Phi) is 8.49. The minimum atomic E-state index is -0.392. The van der Waals surface area contributed by atoms with Crippen LogP contribution in [-0.2, 0) is 10.8 Å². The van der Waals surface area contributed by atoms with E-state index in [9.17, 15) is 0 Å². The van der Waals surface area contributed by atoms with Crippen LogP contribution >= 0.6 is 0 Å². The average Bonchev–Trinajstić information content (AvgIpc) is 3.64. The van der Waals surface area contributed by atoms with Crippen LogP contribution in [0.25, 0.3) is 55.3 Å². The Labute approximate surface area is 370 Å². The third-order valence-corrected chi connectivity index (χ3v) is 14.0. The summed E-state index contributed by atoms with van der Waals surface area (Å²) in [6.45, 7) is 4.77. The maximum Gasteiger partial charge on any atom is 0.0719 e. The fourth-order valence-corrected chi connectivity index (χ4v) is 11.0. The van der Waals surface area contributed by atoms with Gasteiger partial charge in [-0.1, -0.05) is 208 Å². The maximum atomic E-state index is 2.44. The highest BCUT2D eigenvalue weighted by Crippen LogP contribution is 2.62. The monoisotopic (exact) mass is 803 g/mol. The van der Waals surface area contributed by atoms with Crippen LogP contribution in [-0.4, -0.2) is 0 Å². The Morgan fingerprint density at radius 3 is 1.35 bits per heavy atom. The van der Waals surface area contributed by atoms with Crippen LogP contribution in [0.3, 0.4) is 0 Å². The predicted octanol–water partition coefficient (Wildman–Crippen LogP) is 16.3. The van der Waals surface area contributed by atoms with Crippen molar-refractivity contribution in [3.05, 3.63) is 270 Å². The largest absolute Gasteiger partial charge is 0.311 e. The molecule has 0 N–H and O–H groups in total. The van der Waals surface area contributed by atoms with E-state index in [1.54, 1.807) is 0 Å². The Balaban J connectivity index is 0.952. The van der Waals surface area contributed by atoms with Crippen molar-refractivity contribution >= 4 is 27.8 Å². The molecule has 0 bridgehead atoms. The number of benzene rings is 10. The van der Waals surface area contributed by atoms with E-state index >= 15 is 0 Å². The lowest BCUT2D eigenvalue weighted by atomic mass is 9.55. The Morgan fingerprint density at radius 2 is 0.714 bits per heavy atom. The summed E-state index contributed by atoms with van der Waals surface area (Å²) < 4.78 is 0. The molecule has 0 heterocycles. The van der Waals surface area contributed by atoms with E-state index in [2.05, 4.69) is 255 Å². The topological polar surface area (TPSA) is 3.24 Å². The molecule has 0 amide bonds. The summed E-state index contributed by atoms with van der Waals surface area (Å²) in [6.07, 6.45) is 0. The summed E-state index contributed by atoms with van der Waals surface area (Å²) in [4.78, 5) is 2.37. The van der Waals surface area contributed by atoms with Gasteiger partial charge in [-0.3, -0.25) is 0 Å². The molecule has 0 radical (unpaired) electrons. The van der Waals surface area contributed by atoms with Crippen LogP contribution in [0.2, 0.25) is 0 Å². The predicted molar refractivity (Wildman–Crippen MR) is 264 cm³/mol. The summed E-state index contributed by atoms with van der Waals surface area (Å²) in [7, 11) is 0. The van der Waals surface area contributed by atoms with Crippen molar-refractivity contribution < 1.29 is 0 Å². The molecular weight excluding hydrogens is 759 g/mol. The van der Waals surface area contributed by atoms with Crippen molar-refractivity contribution in [2.24, 2.45) is 0 Å². The van der Waals surface area contributed by atoms with E-state index in [4.69, 9.17) is 0 Å². The minimum absolute atomic E-state index is 0.117. The van der Waals surface area contributed by atoms with Gasteiger partial charge in [0.1, 0.15) is 0 Å². The standard InChI is InChI=1S/C62H45N/c1-61(2)57-23-10-12-25-59(57)62(60-26-13-11-24-58(60)61)55-22-9-8-20-53(55)54-41-47(33-40-56(54)62)44-29-36-49(37-30-44)63(48-34-27-43(28-35-48)42-15-4-3-5-16-42)50-38-31-46(32-39-50)52-21-14-18-45-17-6-7-19-51(45)52/h3-41H,1-2H3. The van der Waals surface area contributed by atoms with E-state index < -0.39 is 5.41 Å². The number of nitrogens with zero attached hydrogens (tertiary/aromatic N) is 1. The highest BCUT2D eigenvalue weighted by atomic mass is 15.1. The van der Waals surface area contributed by atoms with Crippen LogP contribution in [0.4, 0.5) is 17.1 Å². The molecule has 12 rings (SSSR count). The van der Waals surface area contributed by atoms with Gasteiger partial charge in [0.15, 0.2) is 0 Å². The SMILES string of the molecule is CC1(C)c2ccccc2C2(c3ccccc3-c3cc(-c4ccc(N(c5ccc(-c6ccccc6)cc5)c5ccc(-c6cccc7ccccc67)cc5)cc4)ccc32)c2ccccc21. The molecule has 1 spiro atoms. The molecule has 0 aliphatic heterocycles. The Morgan fingerprint density at radius 1 is 0.286 bits per heavy atom. The van der Waals surface area contributed by atoms with Crippen molar-refractivity contribution in [2.45, 2.75) is 24.7 Å². The number of fused-ring (bicyclic) bond motifs is 10. The van der Waals surface area contributed by atoms with Crippen molar-refractivity contribution in [1.29, 1.82) is 0 Å². The molecule has 0 aromatic heterocycles. The summed E-state index contributed by atoms with van der Waals surface area (Å²) in [5, 5.41) is 2.51. The molecule has 298 valence electrons. The van der Waals surface area contributed by atoms with Gasteiger partial charge in [-0.05, 0) is 131 Å². The van der Waals surface area contributed by atoms with Gasteiger partial charge in [0, 0.05) is 22.5 Å². The van der Waals surface area contributed by atoms with Gasteiger partial charge in [-0.15, -0.1) is 0 Å². The first-order chi connectivity index (χ1) is 31.0. The second-order valence-electron chi connectivity index (χ2n) is 17.6. The second-order valence-corrected chi connectivity index (χ2v) is 17.6. The van der Waals surface area contributed by atoms with E-state index in [1.165, 1.54) is 88.7 Å². The molecule has 10 aromatic rings. The van der Waals surface area contributed by atoms with Crippen LogP contribution in [0.1, 0.15) is 47.2 Å². The normalized spacial score (nSPS) is 13.8. The molecule has 1 heteroatoms. The summed E-state index contributed by atoms with van der Waals surface area (Å²) >= 11 is 0. The lowest BCUT2D eigenvalue weighted by Crippen LogP contribution is -2.40. The first-order valence-electron chi connectivity index (χ1n) is 22.1. The fourth-order valence-electron chi connectivity index (χ4n) is 11.0. The smallest absolute Gasteiger partial charge is 0.0719 e. The van der Waals surface area contributed by atoms with Crippen molar-refractivity contribution in [3.8, 4) is 44.5 Å². The lowest BCUT2D eigenvalue weighted by molar-refractivity contribution is 0.563. The third-order valence-electron chi connectivity index (χ3n) is 14.0. The van der Waals surface area contributed by atoms with E-state index in [0.29, 0.717) is 0 Å². The van der Waals surface area contributed by atoms with Gasteiger partial charge < -0.3 is 4.90 Å². The summed E-state index contributed by atoms with van der Waals surface area (Å²) in [6, 6.07) is 87.5. The molecule has 1 nitrogen and oxygen atoms in total. The zero-order valence-corrected chi connectivity index (χ0v) is 35.5. The molecule has 0 atom stereocenters. The Bertz CT molecular complexity index is 3280. The van der Waals surface area contributed by atoms with E-state index in [-0.39, 0.29) is 5.41 Å². The molecule has 0 unspecified atom stereocenters. The maximum absolute atomic E-state index is 2.44. The number of hydrogen-bond donors (Lipinski definition) is 0. The van der Waals surface area contributed by atoms with Crippen molar-refractivity contribution in [3.63, 3.8) is 0 Å². The van der Waals surface area contributed by atoms with Gasteiger partial charge in [0.25, 0.3) is 0 Å². The number of rotatable bonds is 6. The van der Waals surface area contributed by atoms with Gasteiger partial charge in [-0.2, -0.15) is 0 Å². The van der Waals surface area contributed by atoms with Gasteiger partial charge in [0.2, 0.25) is 0 Å². The summed E-state index contributed by atoms with van der Waals surface area (Å²) in [5.41, 5.74) is 21.0. The molecule has 0 saturated carbocycles. The molecule has 2 aliphatic carbocycles. The van der Waals surface area contributed by atoms with Crippen LogP contribution in [0, 0.1) is 0 Å². The highest BCUT2D eigenvalue weighted by molar-refractivity contribution is 5.97. The fraction of sp³-hybridized carbons (Fsp3) is 0.0645. The zero-order valence-electron chi connectivity index (χ0n) is 35.5. The van der Waals surface area contributed by atoms with Crippen molar-refractivity contribution in [2.75, 3.05) is 4.90 Å². The first-order valence-corrected chi connectivity index (χ1v) is 22.1. The minimum Gasteiger partial charge on any atom is -0.311 e. The van der Waals surface area contributed by atoms with Gasteiger partial charge in [-0.25, -0.2) is 0 Å². The van der Waals surface area contributed by atoms with Crippen LogP contribution in [0.15, 0.2) is 237 Å². The lowest BCUT2D eigenvalue weighted by Gasteiger charge is -2.46. The molecule has 0 fully saturated rings. The molecule has 2 aliphatic rings. The van der Waals surface area contributed by atoms with E-state index in [0.717, 1.165) is 17.1 Å². The highest BCUT2D eigenvalue weighted by Gasteiger charge is 2.53. The first kappa shape index (κ1) is 37.1.